The van der Waals surface area contributed by atoms with E-state index < -0.39 is 0 Å². The van der Waals surface area contributed by atoms with E-state index in [2.05, 4.69) is 33.0 Å². The van der Waals surface area contributed by atoms with Crippen LogP contribution in [-0.4, -0.2) is 12.6 Å². The Morgan fingerprint density at radius 3 is 2.25 bits per heavy atom. The van der Waals surface area contributed by atoms with Crippen molar-refractivity contribution in [1.82, 2.24) is 5.32 Å². The van der Waals surface area contributed by atoms with Crippen LogP contribution in [-0.2, 0) is 0 Å². The molecule has 0 aromatic carbocycles. The molecule has 0 spiro atoms. The highest BCUT2D eigenvalue weighted by Gasteiger charge is 2.29. The predicted octanol–water partition coefficient (Wildman–Crippen LogP) is 4.37. The summed E-state index contributed by atoms with van der Waals surface area (Å²) < 4.78 is 0. The van der Waals surface area contributed by atoms with E-state index in [1.807, 2.05) is 0 Å². The monoisotopic (exact) mass is 225 g/mol. The summed E-state index contributed by atoms with van der Waals surface area (Å²) in [7, 11) is 0. The molecule has 1 rings (SSSR count). The second-order valence-corrected chi connectivity index (χ2v) is 6.15. The van der Waals surface area contributed by atoms with Crippen LogP contribution in [0.2, 0.25) is 0 Å². The van der Waals surface area contributed by atoms with Crippen LogP contribution < -0.4 is 5.32 Å². The first-order valence-corrected chi connectivity index (χ1v) is 7.35. The Labute approximate surface area is 102 Å². The fourth-order valence-electron chi connectivity index (χ4n) is 2.48. The molecule has 96 valence electrons. The highest BCUT2D eigenvalue weighted by molar-refractivity contribution is 4.86. The Hall–Kier alpha value is -0.0400. The maximum absolute atomic E-state index is 3.74. The summed E-state index contributed by atoms with van der Waals surface area (Å²) in [5.74, 6) is 0.864. The Morgan fingerprint density at radius 2 is 1.81 bits per heavy atom. The number of rotatable bonds is 9. The molecule has 1 fully saturated rings. The maximum atomic E-state index is 3.74. The molecule has 1 saturated carbocycles. The Bertz CT molecular complexity index is 178. The van der Waals surface area contributed by atoms with Gasteiger partial charge in [0.1, 0.15) is 0 Å². The lowest BCUT2D eigenvalue weighted by Crippen LogP contribution is -2.34. The van der Waals surface area contributed by atoms with E-state index in [0.29, 0.717) is 5.41 Å². The van der Waals surface area contributed by atoms with Crippen LogP contribution in [0.25, 0.3) is 0 Å². The lowest BCUT2D eigenvalue weighted by molar-refractivity contribution is 0.216. The summed E-state index contributed by atoms with van der Waals surface area (Å²) in [5, 5.41) is 3.74. The third-order valence-electron chi connectivity index (χ3n) is 4.33. The Kier molecular flexibility index (Phi) is 5.82. The summed E-state index contributed by atoms with van der Waals surface area (Å²) in [5.41, 5.74) is 0.581. The summed E-state index contributed by atoms with van der Waals surface area (Å²) in [4.78, 5) is 0. The molecule has 0 bridgehead atoms. The molecule has 1 nitrogen and oxygen atoms in total. The van der Waals surface area contributed by atoms with E-state index in [-0.39, 0.29) is 0 Å². The molecule has 0 atom stereocenters. The van der Waals surface area contributed by atoms with E-state index >= 15 is 0 Å². The molecule has 0 heterocycles. The van der Waals surface area contributed by atoms with Crippen molar-refractivity contribution in [3.8, 4) is 0 Å². The Balaban J connectivity index is 2.29. The molecule has 0 radical (unpaired) electrons. The minimum absolute atomic E-state index is 0.581. The van der Waals surface area contributed by atoms with Crippen LogP contribution in [0, 0.1) is 11.3 Å². The van der Waals surface area contributed by atoms with E-state index in [4.69, 9.17) is 0 Å². The standard InChI is InChI=1S/C15H31N/c1-5-15(6-2,11-7-8-13(3)4)12-16-14-9-10-14/h13-14,16H,5-12H2,1-4H3. The molecule has 0 saturated heterocycles. The zero-order valence-electron chi connectivity index (χ0n) is 11.8. The quantitative estimate of drug-likeness (QED) is 0.614. The van der Waals surface area contributed by atoms with E-state index in [1.54, 1.807) is 0 Å². The molecule has 16 heavy (non-hydrogen) atoms. The predicted molar refractivity (Wildman–Crippen MR) is 72.7 cm³/mol. The summed E-state index contributed by atoms with van der Waals surface area (Å²) in [6, 6.07) is 0.863. The van der Waals surface area contributed by atoms with Crippen LogP contribution in [0.4, 0.5) is 0 Å². The molecule has 0 aromatic heterocycles. The van der Waals surface area contributed by atoms with Crippen molar-refractivity contribution < 1.29 is 0 Å². The minimum Gasteiger partial charge on any atom is -0.313 e. The van der Waals surface area contributed by atoms with E-state index in [9.17, 15) is 0 Å². The lowest BCUT2D eigenvalue weighted by Gasteiger charge is -2.32. The largest absolute Gasteiger partial charge is 0.313 e. The second-order valence-electron chi connectivity index (χ2n) is 6.15. The van der Waals surface area contributed by atoms with Crippen molar-refractivity contribution in [2.75, 3.05) is 6.54 Å². The average molecular weight is 225 g/mol. The number of nitrogens with one attached hydrogen (secondary N) is 1. The van der Waals surface area contributed by atoms with Gasteiger partial charge in [0, 0.05) is 12.6 Å². The van der Waals surface area contributed by atoms with Crippen LogP contribution in [0.15, 0.2) is 0 Å². The minimum atomic E-state index is 0.581. The zero-order valence-corrected chi connectivity index (χ0v) is 11.8. The summed E-state index contributed by atoms with van der Waals surface area (Å²) in [6.45, 7) is 10.7. The van der Waals surface area contributed by atoms with E-state index in [0.717, 1.165) is 12.0 Å². The van der Waals surface area contributed by atoms with Crippen LogP contribution >= 0.6 is 0 Å². The fraction of sp³-hybridized carbons (Fsp3) is 1.00. The number of hydrogen-bond donors (Lipinski definition) is 1. The van der Waals surface area contributed by atoms with Gasteiger partial charge < -0.3 is 5.32 Å². The van der Waals surface area contributed by atoms with Crippen molar-refractivity contribution in [2.45, 2.75) is 78.7 Å². The van der Waals surface area contributed by atoms with Gasteiger partial charge in [-0.1, -0.05) is 40.5 Å². The fourth-order valence-corrected chi connectivity index (χ4v) is 2.48. The molecule has 1 aliphatic rings. The lowest BCUT2D eigenvalue weighted by atomic mass is 9.77. The average Bonchev–Trinajstić information content (AvgIpc) is 3.07. The van der Waals surface area contributed by atoms with Crippen molar-refractivity contribution in [3.05, 3.63) is 0 Å². The van der Waals surface area contributed by atoms with Gasteiger partial charge in [0.2, 0.25) is 0 Å². The van der Waals surface area contributed by atoms with E-state index in [1.165, 1.54) is 51.5 Å². The second kappa shape index (κ2) is 6.64. The molecule has 0 unspecified atom stereocenters. The maximum Gasteiger partial charge on any atom is 0.00684 e. The van der Waals surface area contributed by atoms with Gasteiger partial charge in [-0.05, 0) is 43.4 Å². The highest BCUT2D eigenvalue weighted by Crippen LogP contribution is 2.33. The van der Waals surface area contributed by atoms with Gasteiger partial charge in [-0.2, -0.15) is 0 Å². The van der Waals surface area contributed by atoms with Crippen LogP contribution in [0.3, 0.4) is 0 Å². The third kappa shape index (κ3) is 4.86. The smallest absolute Gasteiger partial charge is 0.00684 e. The van der Waals surface area contributed by atoms with Gasteiger partial charge in [0.05, 0.1) is 0 Å². The third-order valence-corrected chi connectivity index (χ3v) is 4.33. The van der Waals surface area contributed by atoms with Gasteiger partial charge in [0.15, 0.2) is 0 Å². The first kappa shape index (κ1) is 14.0. The van der Waals surface area contributed by atoms with Gasteiger partial charge >= 0.3 is 0 Å². The Morgan fingerprint density at radius 1 is 1.19 bits per heavy atom. The van der Waals surface area contributed by atoms with Gasteiger partial charge in [0.25, 0.3) is 0 Å². The van der Waals surface area contributed by atoms with Crippen LogP contribution in [0.1, 0.15) is 72.6 Å². The van der Waals surface area contributed by atoms with Crippen LogP contribution in [0.5, 0.6) is 0 Å². The summed E-state index contributed by atoms with van der Waals surface area (Å²) in [6.07, 6.45) is 9.71. The summed E-state index contributed by atoms with van der Waals surface area (Å²) >= 11 is 0. The molecule has 0 aromatic rings. The topological polar surface area (TPSA) is 12.0 Å². The SMILES string of the molecule is CCC(CC)(CCCC(C)C)CNC1CC1. The van der Waals surface area contributed by atoms with Crippen molar-refractivity contribution in [1.29, 1.82) is 0 Å². The number of hydrogen-bond acceptors (Lipinski definition) is 1. The molecule has 0 amide bonds. The van der Waals surface area contributed by atoms with Gasteiger partial charge in [-0.25, -0.2) is 0 Å². The molecular formula is C15H31N. The van der Waals surface area contributed by atoms with Crippen molar-refractivity contribution >= 4 is 0 Å². The molecule has 1 heteroatoms. The van der Waals surface area contributed by atoms with Gasteiger partial charge in [-0.3, -0.25) is 0 Å². The van der Waals surface area contributed by atoms with Gasteiger partial charge in [-0.15, -0.1) is 0 Å². The van der Waals surface area contributed by atoms with Crippen molar-refractivity contribution in [3.63, 3.8) is 0 Å². The molecular weight excluding hydrogens is 194 g/mol. The molecule has 1 N–H and O–H groups in total. The zero-order chi connectivity index (χ0) is 12.0. The first-order chi connectivity index (χ1) is 7.62. The van der Waals surface area contributed by atoms with Crippen molar-refractivity contribution in [2.24, 2.45) is 11.3 Å². The molecule has 1 aliphatic carbocycles. The molecule has 0 aliphatic heterocycles. The first-order valence-electron chi connectivity index (χ1n) is 7.35. The normalized spacial score (nSPS) is 17.1. The highest BCUT2D eigenvalue weighted by atomic mass is 15.0.